The second-order valence-electron chi connectivity index (χ2n) is 6.75. The Morgan fingerprint density at radius 2 is 1.60 bits per heavy atom. The van der Waals surface area contributed by atoms with Gasteiger partial charge in [0.15, 0.2) is 0 Å². The number of aromatic hydroxyl groups is 2. The minimum absolute atomic E-state index is 0.0517. The Kier molecular flexibility index (Phi) is 6.82. The molecule has 2 rings (SSSR count). The van der Waals surface area contributed by atoms with Crippen molar-refractivity contribution in [3.63, 3.8) is 0 Å². The maximum Gasteiger partial charge on any atom is 0.121 e. The van der Waals surface area contributed by atoms with Crippen molar-refractivity contribution in [1.82, 2.24) is 5.32 Å². The van der Waals surface area contributed by atoms with E-state index < -0.39 is 6.10 Å². The fraction of sp³-hybridized carbons (Fsp3) is 0.400. The molecule has 2 aromatic rings. The molecule has 0 saturated carbocycles. The van der Waals surface area contributed by atoms with Gasteiger partial charge in [-0.25, -0.2) is 0 Å². The van der Waals surface area contributed by atoms with Crippen LogP contribution in [0.2, 0.25) is 0 Å². The van der Waals surface area contributed by atoms with Gasteiger partial charge in [-0.2, -0.15) is 0 Å². The first-order valence-corrected chi connectivity index (χ1v) is 8.53. The summed E-state index contributed by atoms with van der Waals surface area (Å²) in [5, 5.41) is 42.6. The highest BCUT2D eigenvalue weighted by Crippen LogP contribution is 2.26. The highest BCUT2D eigenvalue weighted by atomic mass is 16.3. The van der Waals surface area contributed by atoms with Gasteiger partial charge in [-0.1, -0.05) is 26.0 Å². The molecule has 5 nitrogen and oxygen atoms in total. The minimum atomic E-state index is -0.647. The molecule has 0 spiro atoms. The van der Waals surface area contributed by atoms with Crippen molar-refractivity contribution in [1.29, 1.82) is 0 Å². The molecule has 0 bridgehead atoms. The molecular formula is C20H27NO4. The van der Waals surface area contributed by atoms with E-state index in [2.05, 4.69) is 19.2 Å². The van der Waals surface area contributed by atoms with E-state index in [1.807, 2.05) is 0 Å². The lowest BCUT2D eigenvalue weighted by Crippen LogP contribution is -2.25. The number of phenolic OH excluding ortho intramolecular Hbond substituents is 1. The molecule has 1 atom stereocenters. The zero-order chi connectivity index (χ0) is 18.4. The zero-order valence-corrected chi connectivity index (χ0v) is 14.7. The van der Waals surface area contributed by atoms with Gasteiger partial charge < -0.3 is 25.7 Å². The maximum absolute atomic E-state index is 10.3. The van der Waals surface area contributed by atoms with Crippen LogP contribution in [0, 0.1) is 5.92 Å². The molecule has 0 aliphatic carbocycles. The third kappa shape index (κ3) is 5.46. The summed E-state index contributed by atoms with van der Waals surface area (Å²) in [6.45, 7) is 5.26. The van der Waals surface area contributed by atoms with Gasteiger partial charge in [-0.3, -0.25) is 0 Å². The van der Waals surface area contributed by atoms with Crippen LogP contribution in [-0.2, 0) is 13.0 Å². The van der Waals surface area contributed by atoms with E-state index in [1.54, 1.807) is 30.3 Å². The van der Waals surface area contributed by atoms with Crippen molar-refractivity contribution in [3.05, 3.63) is 58.7 Å². The highest BCUT2D eigenvalue weighted by molar-refractivity contribution is 5.43. The van der Waals surface area contributed by atoms with Gasteiger partial charge in [0.1, 0.15) is 11.5 Å². The second kappa shape index (κ2) is 8.85. The van der Waals surface area contributed by atoms with E-state index in [0.29, 0.717) is 30.0 Å². The summed E-state index contributed by atoms with van der Waals surface area (Å²) in [6.07, 6.45) is -0.204. The molecule has 0 amide bonds. The number of benzene rings is 2. The Hall–Kier alpha value is -2.08. The van der Waals surface area contributed by atoms with Crippen molar-refractivity contribution < 1.29 is 20.4 Å². The molecule has 136 valence electrons. The number of hydrogen-bond acceptors (Lipinski definition) is 5. The van der Waals surface area contributed by atoms with Gasteiger partial charge >= 0.3 is 0 Å². The Balaban J connectivity index is 2.13. The molecule has 1 unspecified atom stereocenters. The largest absolute Gasteiger partial charge is 0.508 e. The smallest absolute Gasteiger partial charge is 0.121 e. The predicted octanol–water partition coefficient (Wildman–Crippen LogP) is 2.46. The van der Waals surface area contributed by atoms with Crippen molar-refractivity contribution >= 4 is 0 Å². The monoisotopic (exact) mass is 345 g/mol. The van der Waals surface area contributed by atoms with Crippen LogP contribution in [0.5, 0.6) is 11.5 Å². The Bertz CT molecular complexity index is 700. The van der Waals surface area contributed by atoms with Gasteiger partial charge in [0.05, 0.1) is 12.7 Å². The quantitative estimate of drug-likeness (QED) is 0.507. The molecule has 0 aromatic heterocycles. The fourth-order valence-corrected chi connectivity index (χ4v) is 2.68. The second-order valence-corrected chi connectivity index (χ2v) is 6.75. The van der Waals surface area contributed by atoms with Gasteiger partial charge in [0, 0.05) is 18.5 Å². The minimum Gasteiger partial charge on any atom is -0.508 e. The standard InChI is InChI=1S/C20H27NO4/c1-13(2)10-21-11-20(25)15-4-6-18(23)16(9-15)7-14-3-5-19(24)17(8-14)12-22/h3-6,8-9,13,20-25H,7,10-12H2,1-2H3. The first-order valence-electron chi connectivity index (χ1n) is 8.53. The van der Waals surface area contributed by atoms with E-state index in [9.17, 15) is 20.4 Å². The summed E-state index contributed by atoms with van der Waals surface area (Å²) >= 11 is 0. The summed E-state index contributed by atoms with van der Waals surface area (Å²) in [4.78, 5) is 0. The van der Waals surface area contributed by atoms with E-state index >= 15 is 0 Å². The zero-order valence-electron chi connectivity index (χ0n) is 14.7. The van der Waals surface area contributed by atoms with Crippen LogP contribution in [0.1, 0.15) is 42.2 Å². The SMILES string of the molecule is CC(C)CNCC(O)c1ccc(O)c(Cc2ccc(O)c(CO)c2)c1. The summed E-state index contributed by atoms with van der Waals surface area (Å²) in [5.41, 5.74) is 2.74. The van der Waals surface area contributed by atoms with Gasteiger partial charge in [-0.15, -0.1) is 0 Å². The van der Waals surface area contributed by atoms with E-state index in [4.69, 9.17) is 0 Å². The molecule has 5 N–H and O–H groups in total. The molecule has 0 aliphatic heterocycles. The normalized spacial score (nSPS) is 12.5. The van der Waals surface area contributed by atoms with Crippen LogP contribution < -0.4 is 5.32 Å². The van der Waals surface area contributed by atoms with Crippen molar-refractivity contribution in [3.8, 4) is 11.5 Å². The average molecular weight is 345 g/mol. The number of nitrogens with one attached hydrogen (secondary N) is 1. The lowest BCUT2D eigenvalue weighted by atomic mass is 9.98. The van der Waals surface area contributed by atoms with Crippen LogP contribution in [0.25, 0.3) is 0 Å². The number of phenols is 2. The predicted molar refractivity (Wildman–Crippen MR) is 97.6 cm³/mol. The van der Waals surface area contributed by atoms with E-state index in [1.165, 1.54) is 6.07 Å². The lowest BCUT2D eigenvalue weighted by molar-refractivity contribution is 0.173. The van der Waals surface area contributed by atoms with Crippen LogP contribution >= 0.6 is 0 Å². The number of aliphatic hydroxyl groups is 2. The van der Waals surface area contributed by atoms with Gasteiger partial charge in [-0.05, 0) is 53.4 Å². The molecule has 0 radical (unpaired) electrons. The molecule has 0 saturated heterocycles. The van der Waals surface area contributed by atoms with Crippen molar-refractivity contribution in [2.24, 2.45) is 5.92 Å². The van der Waals surface area contributed by atoms with Gasteiger partial charge in [0.2, 0.25) is 0 Å². The fourth-order valence-electron chi connectivity index (χ4n) is 2.68. The molecule has 25 heavy (non-hydrogen) atoms. The van der Waals surface area contributed by atoms with E-state index in [-0.39, 0.29) is 18.1 Å². The van der Waals surface area contributed by atoms with Crippen LogP contribution in [0.15, 0.2) is 36.4 Å². The molecular weight excluding hydrogens is 318 g/mol. The Morgan fingerprint density at radius 3 is 2.28 bits per heavy atom. The Labute approximate surface area is 148 Å². The first kappa shape index (κ1) is 19.2. The third-order valence-corrected chi connectivity index (χ3v) is 4.09. The number of hydrogen-bond donors (Lipinski definition) is 5. The third-order valence-electron chi connectivity index (χ3n) is 4.09. The number of aliphatic hydroxyl groups excluding tert-OH is 2. The molecule has 0 aliphatic rings. The summed E-state index contributed by atoms with van der Waals surface area (Å²) in [6, 6.07) is 10.1. The first-order chi connectivity index (χ1) is 11.9. The summed E-state index contributed by atoms with van der Waals surface area (Å²) < 4.78 is 0. The van der Waals surface area contributed by atoms with Gasteiger partial charge in [0.25, 0.3) is 0 Å². The lowest BCUT2D eigenvalue weighted by Gasteiger charge is -2.15. The summed E-state index contributed by atoms with van der Waals surface area (Å²) in [7, 11) is 0. The van der Waals surface area contributed by atoms with Crippen molar-refractivity contribution in [2.45, 2.75) is 33.0 Å². The van der Waals surface area contributed by atoms with E-state index in [0.717, 1.165) is 17.7 Å². The van der Waals surface area contributed by atoms with Crippen molar-refractivity contribution in [2.75, 3.05) is 13.1 Å². The topological polar surface area (TPSA) is 93.0 Å². The maximum atomic E-state index is 10.3. The molecule has 5 heteroatoms. The molecule has 2 aromatic carbocycles. The van der Waals surface area contributed by atoms with Crippen LogP contribution in [-0.4, -0.2) is 33.5 Å². The molecule has 0 fully saturated rings. The Morgan fingerprint density at radius 1 is 0.920 bits per heavy atom. The van der Waals surface area contributed by atoms with Crippen LogP contribution in [0.3, 0.4) is 0 Å². The summed E-state index contributed by atoms with van der Waals surface area (Å²) in [5.74, 6) is 0.721. The van der Waals surface area contributed by atoms with Crippen LogP contribution in [0.4, 0.5) is 0 Å². The number of rotatable bonds is 8. The average Bonchev–Trinajstić information content (AvgIpc) is 2.58. The molecule has 0 heterocycles. The highest BCUT2D eigenvalue weighted by Gasteiger charge is 2.12.